The fourth-order valence-electron chi connectivity index (χ4n) is 2.11. The maximum atomic E-state index is 5.80. The van der Waals surface area contributed by atoms with Crippen molar-refractivity contribution in [2.24, 2.45) is 11.1 Å². The fourth-order valence-corrected chi connectivity index (χ4v) is 2.11. The average molecular weight is 231 g/mol. The standard InChI is InChI=1S/C14H21N3/c1-4-17-12-8-6-5-7-11(12)16-13(17)9-14(2,3)10-15/h5-8H,4,9-10,15H2,1-3H3. The van der Waals surface area contributed by atoms with Crippen molar-refractivity contribution in [3.8, 4) is 0 Å². The molecule has 3 heteroatoms. The Bertz CT molecular complexity index is 511. The molecule has 0 saturated heterocycles. The number of rotatable bonds is 4. The van der Waals surface area contributed by atoms with Gasteiger partial charge in [0.1, 0.15) is 5.82 Å². The summed E-state index contributed by atoms with van der Waals surface area (Å²) in [5.41, 5.74) is 8.21. The third-order valence-electron chi connectivity index (χ3n) is 3.24. The molecule has 0 bridgehead atoms. The van der Waals surface area contributed by atoms with Gasteiger partial charge in [0.15, 0.2) is 0 Å². The SMILES string of the molecule is CCn1c(CC(C)(C)CN)nc2ccccc21. The highest BCUT2D eigenvalue weighted by Gasteiger charge is 2.20. The highest BCUT2D eigenvalue weighted by molar-refractivity contribution is 5.75. The van der Waals surface area contributed by atoms with Gasteiger partial charge in [0.25, 0.3) is 0 Å². The Kier molecular flexibility index (Phi) is 3.20. The van der Waals surface area contributed by atoms with Crippen molar-refractivity contribution in [3.63, 3.8) is 0 Å². The van der Waals surface area contributed by atoms with E-state index in [2.05, 4.69) is 43.5 Å². The Morgan fingerprint density at radius 2 is 2.00 bits per heavy atom. The molecule has 0 aliphatic carbocycles. The van der Waals surface area contributed by atoms with E-state index < -0.39 is 0 Å². The molecule has 0 atom stereocenters. The Balaban J connectivity index is 2.47. The van der Waals surface area contributed by atoms with Crippen LogP contribution in [0.3, 0.4) is 0 Å². The van der Waals surface area contributed by atoms with Crippen molar-refractivity contribution in [1.82, 2.24) is 9.55 Å². The van der Waals surface area contributed by atoms with Crippen molar-refractivity contribution in [1.29, 1.82) is 0 Å². The van der Waals surface area contributed by atoms with Crippen LogP contribution < -0.4 is 5.73 Å². The highest BCUT2D eigenvalue weighted by Crippen LogP contribution is 2.23. The van der Waals surface area contributed by atoms with Gasteiger partial charge in [-0.2, -0.15) is 0 Å². The number of imidazole rings is 1. The fraction of sp³-hybridized carbons (Fsp3) is 0.500. The summed E-state index contributed by atoms with van der Waals surface area (Å²) in [6.07, 6.45) is 0.923. The quantitative estimate of drug-likeness (QED) is 0.879. The minimum Gasteiger partial charge on any atom is -0.330 e. The van der Waals surface area contributed by atoms with Gasteiger partial charge in [0.2, 0.25) is 0 Å². The minimum atomic E-state index is 0.105. The first-order valence-electron chi connectivity index (χ1n) is 6.21. The molecule has 92 valence electrons. The normalized spacial score (nSPS) is 12.2. The maximum Gasteiger partial charge on any atom is 0.110 e. The lowest BCUT2D eigenvalue weighted by molar-refractivity contribution is 0.362. The highest BCUT2D eigenvalue weighted by atomic mass is 15.1. The number of hydrogen-bond donors (Lipinski definition) is 1. The van der Waals surface area contributed by atoms with Crippen molar-refractivity contribution in [2.75, 3.05) is 6.54 Å². The molecule has 0 saturated carbocycles. The maximum absolute atomic E-state index is 5.80. The molecule has 17 heavy (non-hydrogen) atoms. The number of benzene rings is 1. The lowest BCUT2D eigenvalue weighted by Crippen LogP contribution is -2.27. The Hall–Kier alpha value is -1.35. The first-order valence-corrected chi connectivity index (χ1v) is 6.21. The Labute approximate surface area is 103 Å². The minimum absolute atomic E-state index is 0.105. The number of aromatic nitrogens is 2. The zero-order chi connectivity index (χ0) is 12.5. The van der Waals surface area contributed by atoms with Crippen LogP contribution in [0.25, 0.3) is 11.0 Å². The van der Waals surface area contributed by atoms with Gasteiger partial charge in [-0.1, -0.05) is 26.0 Å². The van der Waals surface area contributed by atoms with Crippen LogP contribution in [0.4, 0.5) is 0 Å². The Morgan fingerprint density at radius 1 is 1.29 bits per heavy atom. The zero-order valence-corrected chi connectivity index (χ0v) is 10.9. The predicted octanol–water partition coefficient (Wildman–Crippen LogP) is 2.58. The molecule has 1 heterocycles. The number of nitrogens with zero attached hydrogens (tertiary/aromatic N) is 2. The summed E-state index contributed by atoms with van der Waals surface area (Å²) in [4.78, 5) is 4.72. The largest absolute Gasteiger partial charge is 0.330 e. The molecular formula is C14H21N3. The van der Waals surface area contributed by atoms with Crippen molar-refractivity contribution in [3.05, 3.63) is 30.1 Å². The monoisotopic (exact) mass is 231 g/mol. The summed E-state index contributed by atoms with van der Waals surface area (Å²) in [6.45, 7) is 8.17. The molecule has 3 nitrogen and oxygen atoms in total. The molecule has 2 rings (SSSR count). The van der Waals surface area contributed by atoms with Crippen molar-refractivity contribution < 1.29 is 0 Å². The van der Waals surface area contributed by atoms with E-state index in [1.54, 1.807) is 0 Å². The lowest BCUT2D eigenvalue weighted by Gasteiger charge is -2.22. The summed E-state index contributed by atoms with van der Waals surface area (Å²) < 4.78 is 2.28. The molecule has 0 radical (unpaired) electrons. The van der Waals surface area contributed by atoms with Crippen LogP contribution in [0.15, 0.2) is 24.3 Å². The van der Waals surface area contributed by atoms with E-state index in [0.29, 0.717) is 6.54 Å². The van der Waals surface area contributed by atoms with Gasteiger partial charge < -0.3 is 10.3 Å². The summed E-state index contributed by atoms with van der Waals surface area (Å²) in [6, 6.07) is 8.30. The molecule has 2 N–H and O–H groups in total. The second-order valence-electron chi connectivity index (χ2n) is 5.31. The van der Waals surface area contributed by atoms with Crippen LogP contribution >= 0.6 is 0 Å². The van der Waals surface area contributed by atoms with Crippen LogP contribution in [-0.4, -0.2) is 16.1 Å². The van der Waals surface area contributed by atoms with Crippen LogP contribution in [-0.2, 0) is 13.0 Å². The lowest BCUT2D eigenvalue weighted by atomic mass is 9.89. The molecule has 0 unspecified atom stereocenters. The van der Waals surface area contributed by atoms with E-state index in [4.69, 9.17) is 10.7 Å². The van der Waals surface area contributed by atoms with Gasteiger partial charge >= 0.3 is 0 Å². The van der Waals surface area contributed by atoms with Crippen LogP contribution in [0.5, 0.6) is 0 Å². The van der Waals surface area contributed by atoms with E-state index in [0.717, 1.165) is 24.3 Å². The van der Waals surface area contributed by atoms with Crippen LogP contribution in [0.2, 0.25) is 0 Å². The molecule has 0 fully saturated rings. The zero-order valence-electron chi connectivity index (χ0n) is 10.9. The van der Waals surface area contributed by atoms with Gasteiger partial charge in [0, 0.05) is 13.0 Å². The number of hydrogen-bond acceptors (Lipinski definition) is 2. The van der Waals surface area contributed by atoms with E-state index in [1.165, 1.54) is 5.52 Å². The van der Waals surface area contributed by atoms with Gasteiger partial charge in [-0.3, -0.25) is 0 Å². The first kappa shape index (κ1) is 12.1. The first-order chi connectivity index (χ1) is 8.07. The third kappa shape index (κ3) is 2.34. The predicted molar refractivity (Wildman–Crippen MR) is 71.9 cm³/mol. The molecule has 0 aliphatic heterocycles. The topological polar surface area (TPSA) is 43.8 Å². The number of aryl methyl sites for hydroxylation is 1. The van der Waals surface area contributed by atoms with E-state index >= 15 is 0 Å². The molecule has 1 aromatic carbocycles. The van der Waals surface area contributed by atoms with Crippen LogP contribution in [0, 0.1) is 5.41 Å². The second-order valence-corrected chi connectivity index (χ2v) is 5.31. The molecule has 0 amide bonds. The summed E-state index contributed by atoms with van der Waals surface area (Å²) >= 11 is 0. The smallest absolute Gasteiger partial charge is 0.110 e. The number of fused-ring (bicyclic) bond motifs is 1. The molecular weight excluding hydrogens is 210 g/mol. The molecule has 2 aromatic rings. The average Bonchev–Trinajstić information content (AvgIpc) is 2.65. The van der Waals surface area contributed by atoms with E-state index in [-0.39, 0.29) is 5.41 Å². The molecule has 1 aromatic heterocycles. The van der Waals surface area contributed by atoms with Crippen LogP contribution in [0.1, 0.15) is 26.6 Å². The van der Waals surface area contributed by atoms with Crippen molar-refractivity contribution >= 4 is 11.0 Å². The number of nitrogens with two attached hydrogens (primary N) is 1. The van der Waals surface area contributed by atoms with Gasteiger partial charge in [-0.15, -0.1) is 0 Å². The van der Waals surface area contributed by atoms with Gasteiger partial charge in [0.05, 0.1) is 11.0 Å². The summed E-state index contributed by atoms with van der Waals surface area (Å²) in [5.74, 6) is 1.14. The van der Waals surface area contributed by atoms with Gasteiger partial charge in [-0.05, 0) is 31.0 Å². The van der Waals surface area contributed by atoms with E-state index in [1.807, 2.05) is 6.07 Å². The second kappa shape index (κ2) is 4.49. The van der Waals surface area contributed by atoms with Gasteiger partial charge in [-0.25, -0.2) is 4.98 Å². The third-order valence-corrected chi connectivity index (χ3v) is 3.24. The molecule has 0 spiro atoms. The molecule has 0 aliphatic rings. The summed E-state index contributed by atoms with van der Waals surface area (Å²) in [5, 5.41) is 0. The van der Waals surface area contributed by atoms with E-state index in [9.17, 15) is 0 Å². The number of para-hydroxylation sites is 2. The van der Waals surface area contributed by atoms with Crippen molar-refractivity contribution in [2.45, 2.75) is 33.7 Å². The summed E-state index contributed by atoms with van der Waals surface area (Å²) in [7, 11) is 0. The Morgan fingerprint density at radius 3 is 2.65 bits per heavy atom.